The molecule has 13 heteroatoms. The number of thioether (sulfide) groups is 1. The van der Waals surface area contributed by atoms with E-state index in [1.165, 1.54) is 57.3 Å². The van der Waals surface area contributed by atoms with Gasteiger partial charge in [-0.1, -0.05) is 44.4 Å². The highest BCUT2D eigenvalue weighted by atomic mass is 32.2. The lowest BCUT2D eigenvalue weighted by Crippen LogP contribution is -2.36. The summed E-state index contributed by atoms with van der Waals surface area (Å²) < 4.78 is 40.5. The molecule has 8 nitrogen and oxygen atoms in total. The van der Waals surface area contributed by atoms with Gasteiger partial charge in [0, 0.05) is 38.0 Å². The number of carbonyl (C=O) groups is 2. The molecular weight excluding hydrogens is 551 g/mol. The molecule has 0 radical (unpaired) electrons. The zero-order valence-corrected chi connectivity index (χ0v) is 24.3. The molecule has 3 heterocycles. The van der Waals surface area contributed by atoms with Gasteiger partial charge in [0.25, 0.3) is 0 Å². The first-order valence-corrected chi connectivity index (χ1v) is 15.0. The second kappa shape index (κ2) is 14.3. The van der Waals surface area contributed by atoms with Gasteiger partial charge in [-0.05, 0) is 33.1 Å². The van der Waals surface area contributed by atoms with Gasteiger partial charge in [0.2, 0.25) is 5.95 Å². The van der Waals surface area contributed by atoms with Gasteiger partial charge >= 0.3 is 18.1 Å². The van der Waals surface area contributed by atoms with E-state index in [0.29, 0.717) is 23.3 Å². The molecule has 0 N–H and O–H groups in total. The van der Waals surface area contributed by atoms with Crippen molar-refractivity contribution >= 4 is 46.7 Å². The summed E-state index contributed by atoms with van der Waals surface area (Å²) in [4.78, 5) is 41.5. The van der Waals surface area contributed by atoms with Crippen LogP contribution in [0.4, 0.5) is 24.8 Å². The highest BCUT2D eigenvalue weighted by Crippen LogP contribution is 2.36. The Labute approximate surface area is 235 Å². The van der Waals surface area contributed by atoms with Gasteiger partial charge in [0.15, 0.2) is 4.34 Å². The van der Waals surface area contributed by atoms with Gasteiger partial charge in [0.1, 0.15) is 4.75 Å². The highest BCUT2D eigenvalue weighted by molar-refractivity contribution is 8.03. The summed E-state index contributed by atoms with van der Waals surface area (Å²) in [6.45, 7) is 8.51. The lowest BCUT2D eigenvalue weighted by molar-refractivity contribution is -0.202. The van der Waals surface area contributed by atoms with Crippen LogP contribution in [0.25, 0.3) is 0 Å². The van der Waals surface area contributed by atoms with Crippen molar-refractivity contribution < 1.29 is 27.5 Å². The quantitative estimate of drug-likeness (QED) is 0.113. The van der Waals surface area contributed by atoms with Crippen LogP contribution in [0, 0.1) is 0 Å². The topological polar surface area (TPSA) is 88.5 Å². The summed E-state index contributed by atoms with van der Waals surface area (Å²) >= 11 is 2.25. The van der Waals surface area contributed by atoms with Crippen molar-refractivity contribution in [2.24, 2.45) is 0 Å². The second-order valence-corrected chi connectivity index (χ2v) is 12.7. The Bertz CT molecular complexity index is 1070. The molecule has 0 saturated carbocycles. The van der Waals surface area contributed by atoms with Gasteiger partial charge < -0.3 is 14.5 Å². The Morgan fingerprint density at radius 2 is 1.72 bits per heavy atom. The Balaban J connectivity index is 1.60. The highest BCUT2D eigenvalue weighted by Gasteiger charge is 2.45. The Morgan fingerprint density at radius 3 is 2.36 bits per heavy atom. The molecule has 0 unspecified atom stereocenters. The van der Waals surface area contributed by atoms with Crippen molar-refractivity contribution in [1.29, 1.82) is 0 Å². The molecule has 3 rings (SSSR count). The average Bonchev–Trinajstić information content (AvgIpc) is 3.57. The van der Waals surface area contributed by atoms with E-state index in [2.05, 4.69) is 36.4 Å². The molecule has 2 aromatic heterocycles. The Kier molecular flexibility index (Phi) is 11.4. The molecule has 1 fully saturated rings. The summed E-state index contributed by atoms with van der Waals surface area (Å²) in [5.74, 6) is -3.11. The summed E-state index contributed by atoms with van der Waals surface area (Å²) in [5, 5.41) is 1.86. The predicted molar refractivity (Wildman–Crippen MR) is 147 cm³/mol. The van der Waals surface area contributed by atoms with E-state index in [-0.39, 0.29) is 0 Å². The first-order chi connectivity index (χ1) is 18.5. The SMILES string of the molecule is CCCCCCCN(CCc1csc(SC(C)(C)C(=O)OC(=O)C(F)(F)F)n1)c1ncc(N2CCCC2)cn1. The van der Waals surface area contributed by atoms with Gasteiger partial charge in [-0.15, -0.1) is 11.3 Å². The molecular formula is C26H36F3N5O3S2. The molecule has 0 aromatic carbocycles. The van der Waals surface area contributed by atoms with Crippen LogP contribution in [0.5, 0.6) is 0 Å². The lowest BCUT2D eigenvalue weighted by atomic mass is 10.1. The van der Waals surface area contributed by atoms with Crippen LogP contribution in [0.1, 0.15) is 71.4 Å². The average molecular weight is 588 g/mol. The molecule has 0 spiro atoms. The third kappa shape index (κ3) is 9.63. The number of halogens is 3. The zero-order chi connectivity index (χ0) is 28.5. The number of nitrogens with zero attached hydrogens (tertiary/aromatic N) is 5. The number of aromatic nitrogens is 3. The van der Waals surface area contributed by atoms with Crippen LogP contribution < -0.4 is 9.80 Å². The standard InChI is InChI=1S/C26H36F3N5O3S2/c1-4-5-6-7-8-14-34(23-30-16-20(17-31-23)33-12-9-10-13-33)15-11-19-18-38-24(32-19)39-25(2,3)21(35)37-22(36)26(27,28)29/h16-18H,4-15H2,1-3H3. The number of ether oxygens (including phenoxy) is 1. The third-order valence-corrected chi connectivity index (χ3v) is 8.49. The van der Waals surface area contributed by atoms with Crippen molar-refractivity contribution in [3.8, 4) is 0 Å². The van der Waals surface area contributed by atoms with E-state index in [1.54, 1.807) is 0 Å². The third-order valence-electron chi connectivity index (χ3n) is 6.33. The molecule has 0 aliphatic carbocycles. The molecule has 0 amide bonds. The predicted octanol–water partition coefficient (Wildman–Crippen LogP) is 6.06. The van der Waals surface area contributed by atoms with Crippen molar-refractivity contribution in [2.45, 2.75) is 87.4 Å². The number of hydrogen-bond donors (Lipinski definition) is 0. The fourth-order valence-electron chi connectivity index (χ4n) is 4.06. The largest absolute Gasteiger partial charge is 0.491 e. The van der Waals surface area contributed by atoms with Crippen LogP contribution in [-0.4, -0.2) is 64.0 Å². The van der Waals surface area contributed by atoms with E-state index in [1.807, 2.05) is 17.8 Å². The summed E-state index contributed by atoms with van der Waals surface area (Å²) in [6.07, 6.45) is 7.28. The van der Waals surface area contributed by atoms with Crippen LogP contribution in [0.3, 0.4) is 0 Å². The molecule has 1 aliphatic rings. The number of esters is 2. The number of rotatable bonds is 14. The molecule has 1 aliphatic heterocycles. The van der Waals surface area contributed by atoms with Crippen LogP contribution in [-0.2, 0) is 20.7 Å². The maximum atomic E-state index is 12.5. The van der Waals surface area contributed by atoms with Crippen LogP contribution in [0.15, 0.2) is 22.1 Å². The first kappa shape index (κ1) is 31.1. The Hall–Kier alpha value is -2.41. The van der Waals surface area contributed by atoms with E-state index < -0.39 is 22.9 Å². The number of anilines is 2. The van der Waals surface area contributed by atoms with E-state index in [0.717, 1.165) is 55.6 Å². The zero-order valence-electron chi connectivity index (χ0n) is 22.6. The van der Waals surface area contributed by atoms with Crippen LogP contribution in [0.2, 0.25) is 0 Å². The van der Waals surface area contributed by atoms with Crippen molar-refractivity contribution in [3.63, 3.8) is 0 Å². The van der Waals surface area contributed by atoms with E-state index in [9.17, 15) is 22.8 Å². The van der Waals surface area contributed by atoms with Gasteiger partial charge in [-0.3, -0.25) is 4.79 Å². The molecule has 0 bridgehead atoms. The number of hydrogen-bond acceptors (Lipinski definition) is 10. The molecule has 1 saturated heterocycles. The molecule has 216 valence electrons. The number of thiazole rings is 1. The maximum Gasteiger partial charge on any atom is 0.491 e. The fourth-order valence-corrected chi connectivity index (χ4v) is 6.32. The van der Waals surface area contributed by atoms with E-state index >= 15 is 0 Å². The van der Waals surface area contributed by atoms with Crippen molar-refractivity contribution in [3.05, 3.63) is 23.5 Å². The summed E-state index contributed by atoms with van der Waals surface area (Å²) in [7, 11) is 0. The molecule has 2 aromatic rings. The second-order valence-electron chi connectivity index (χ2n) is 9.98. The van der Waals surface area contributed by atoms with Crippen LogP contribution >= 0.6 is 23.1 Å². The minimum absolute atomic E-state index is 0.503. The van der Waals surface area contributed by atoms with Gasteiger partial charge in [-0.2, -0.15) is 13.2 Å². The van der Waals surface area contributed by atoms with Crippen molar-refractivity contribution in [2.75, 3.05) is 36.0 Å². The normalized spacial score (nSPS) is 14.1. The summed E-state index contributed by atoms with van der Waals surface area (Å²) in [5.41, 5.74) is 1.83. The van der Waals surface area contributed by atoms with Gasteiger partial charge in [-0.25, -0.2) is 19.7 Å². The smallest absolute Gasteiger partial charge is 0.385 e. The number of carbonyl (C=O) groups excluding carboxylic acids is 2. The van der Waals surface area contributed by atoms with Gasteiger partial charge in [0.05, 0.1) is 23.8 Å². The first-order valence-electron chi connectivity index (χ1n) is 13.3. The molecule has 0 atom stereocenters. The minimum atomic E-state index is -5.23. The van der Waals surface area contributed by atoms with Crippen molar-refractivity contribution in [1.82, 2.24) is 15.0 Å². The number of alkyl halides is 3. The monoisotopic (exact) mass is 587 g/mol. The maximum absolute atomic E-state index is 12.5. The minimum Gasteiger partial charge on any atom is -0.385 e. The Morgan fingerprint density at radius 1 is 1.05 bits per heavy atom. The molecule has 39 heavy (non-hydrogen) atoms. The summed E-state index contributed by atoms with van der Waals surface area (Å²) in [6, 6.07) is 0. The fraction of sp³-hybridized carbons (Fsp3) is 0.654. The lowest BCUT2D eigenvalue weighted by Gasteiger charge is -2.23. The van der Waals surface area contributed by atoms with E-state index in [4.69, 9.17) is 0 Å². The number of unbranched alkanes of at least 4 members (excludes halogenated alkanes) is 4.